The Bertz CT molecular complexity index is 710. The van der Waals surface area contributed by atoms with Crippen molar-refractivity contribution in [3.8, 4) is 11.5 Å². The van der Waals surface area contributed by atoms with Crippen molar-refractivity contribution in [2.24, 2.45) is 0 Å². The number of rotatable bonds is 6. The van der Waals surface area contributed by atoms with E-state index in [1.807, 2.05) is 0 Å². The van der Waals surface area contributed by atoms with E-state index in [1.165, 1.54) is 25.3 Å². The fourth-order valence-electron chi connectivity index (χ4n) is 1.94. The number of esters is 1. The molecule has 0 saturated carbocycles. The van der Waals surface area contributed by atoms with E-state index in [9.17, 15) is 9.18 Å². The topological polar surface area (TPSA) is 44.8 Å². The minimum atomic E-state index is -0.521. The van der Waals surface area contributed by atoms with Gasteiger partial charge in [-0.15, -0.1) is 0 Å². The molecular weight excluding hydrogens is 299 g/mol. The molecule has 0 aliphatic carbocycles. The summed E-state index contributed by atoms with van der Waals surface area (Å²) in [5, 5.41) is 0. The Labute approximate surface area is 134 Å². The smallest absolute Gasteiger partial charge is 0.331 e. The van der Waals surface area contributed by atoms with Gasteiger partial charge in [0.25, 0.3) is 0 Å². The number of ether oxygens (including phenoxy) is 3. The maximum atomic E-state index is 13.0. The molecule has 2 aromatic rings. The fraction of sp³-hybridized carbons (Fsp3) is 0.167. The van der Waals surface area contributed by atoms with Gasteiger partial charge in [-0.3, -0.25) is 0 Å². The molecule has 0 spiro atoms. The first kappa shape index (κ1) is 16.5. The Morgan fingerprint density at radius 3 is 2.65 bits per heavy atom. The van der Waals surface area contributed by atoms with Gasteiger partial charge >= 0.3 is 5.97 Å². The van der Waals surface area contributed by atoms with Crippen LogP contribution in [0.1, 0.15) is 11.1 Å². The van der Waals surface area contributed by atoms with Gasteiger partial charge in [0.2, 0.25) is 0 Å². The molecule has 120 valence electrons. The van der Waals surface area contributed by atoms with Crippen molar-refractivity contribution >= 4 is 12.0 Å². The number of hydrogen-bond acceptors (Lipinski definition) is 4. The van der Waals surface area contributed by atoms with Crippen molar-refractivity contribution in [3.05, 3.63) is 65.5 Å². The van der Waals surface area contributed by atoms with Crippen molar-refractivity contribution in [1.29, 1.82) is 0 Å². The summed E-state index contributed by atoms with van der Waals surface area (Å²) in [5.41, 5.74) is 1.31. The van der Waals surface area contributed by atoms with Crippen LogP contribution in [-0.2, 0) is 16.1 Å². The summed E-state index contributed by atoms with van der Waals surface area (Å²) in [7, 11) is 3.10. The van der Waals surface area contributed by atoms with E-state index in [0.29, 0.717) is 17.1 Å². The highest BCUT2D eigenvalue weighted by Gasteiger charge is 2.04. The van der Waals surface area contributed by atoms with Crippen LogP contribution >= 0.6 is 0 Å². The molecular formula is C18H17FO4. The van der Waals surface area contributed by atoms with E-state index in [0.717, 1.165) is 5.56 Å². The molecule has 0 radical (unpaired) electrons. The van der Waals surface area contributed by atoms with Crippen molar-refractivity contribution in [3.63, 3.8) is 0 Å². The summed E-state index contributed by atoms with van der Waals surface area (Å²) in [4.78, 5) is 11.7. The lowest BCUT2D eigenvalue weighted by molar-refractivity contribution is -0.138. The van der Waals surface area contributed by atoms with Gasteiger partial charge in [0.1, 0.15) is 23.9 Å². The molecule has 0 heterocycles. The van der Waals surface area contributed by atoms with Crippen molar-refractivity contribution in [2.75, 3.05) is 14.2 Å². The Hall–Kier alpha value is -2.82. The van der Waals surface area contributed by atoms with Crippen LogP contribution < -0.4 is 9.47 Å². The predicted octanol–water partition coefficient (Wildman–Crippen LogP) is 3.60. The van der Waals surface area contributed by atoms with Crippen LogP contribution in [0.4, 0.5) is 4.39 Å². The van der Waals surface area contributed by atoms with Crippen molar-refractivity contribution in [2.45, 2.75) is 6.61 Å². The number of methoxy groups -OCH3 is 2. The van der Waals surface area contributed by atoms with E-state index < -0.39 is 5.97 Å². The molecule has 5 heteroatoms. The second-order valence-corrected chi connectivity index (χ2v) is 4.68. The summed E-state index contributed by atoms with van der Waals surface area (Å²) in [6.45, 7) is 0.0146. The van der Waals surface area contributed by atoms with E-state index in [4.69, 9.17) is 14.2 Å². The second-order valence-electron chi connectivity index (χ2n) is 4.68. The zero-order valence-electron chi connectivity index (χ0n) is 12.9. The molecule has 0 atom stereocenters. The molecule has 4 nitrogen and oxygen atoms in total. The molecule has 0 aromatic heterocycles. The summed E-state index contributed by atoms with van der Waals surface area (Å²) in [5.74, 6) is 0.357. The normalized spacial score (nSPS) is 10.6. The van der Waals surface area contributed by atoms with Gasteiger partial charge in [0, 0.05) is 17.7 Å². The standard InChI is InChI=1S/C18H17FO4/c1-21-16-8-6-14(17(11-16)22-2)7-9-18(20)23-12-13-4-3-5-15(19)10-13/h3-11H,12H2,1-2H3/b9-7+. The Kier molecular flexibility index (Phi) is 5.74. The van der Waals surface area contributed by atoms with Gasteiger partial charge in [0.05, 0.1) is 14.2 Å². The maximum Gasteiger partial charge on any atom is 0.331 e. The summed E-state index contributed by atoms with van der Waals surface area (Å²) in [6, 6.07) is 11.2. The molecule has 0 saturated heterocycles. The van der Waals surface area contributed by atoms with Gasteiger partial charge in [-0.05, 0) is 35.9 Å². The summed E-state index contributed by atoms with van der Waals surface area (Å²) in [6.07, 6.45) is 2.88. The lowest BCUT2D eigenvalue weighted by Crippen LogP contribution is -2.01. The van der Waals surface area contributed by atoms with Crippen LogP contribution in [-0.4, -0.2) is 20.2 Å². The zero-order chi connectivity index (χ0) is 16.7. The molecule has 23 heavy (non-hydrogen) atoms. The summed E-state index contributed by atoms with van der Waals surface area (Å²) < 4.78 is 28.4. The number of hydrogen-bond donors (Lipinski definition) is 0. The van der Waals surface area contributed by atoms with Gasteiger partial charge in [0.15, 0.2) is 0 Å². The van der Waals surface area contributed by atoms with Crippen LogP contribution in [0.25, 0.3) is 6.08 Å². The highest BCUT2D eigenvalue weighted by Crippen LogP contribution is 2.25. The molecule has 0 aliphatic heterocycles. The predicted molar refractivity (Wildman–Crippen MR) is 84.8 cm³/mol. The van der Waals surface area contributed by atoms with Crippen molar-refractivity contribution < 1.29 is 23.4 Å². The van der Waals surface area contributed by atoms with E-state index >= 15 is 0 Å². The van der Waals surface area contributed by atoms with E-state index in [2.05, 4.69) is 0 Å². The van der Waals surface area contributed by atoms with Crippen LogP contribution in [0.5, 0.6) is 11.5 Å². The third-order valence-electron chi connectivity index (χ3n) is 3.11. The molecule has 0 fully saturated rings. The third kappa shape index (κ3) is 4.85. The van der Waals surface area contributed by atoms with Gasteiger partial charge in [-0.25, -0.2) is 9.18 Å². The minimum absolute atomic E-state index is 0.0146. The fourth-order valence-corrected chi connectivity index (χ4v) is 1.94. The molecule has 0 amide bonds. The highest BCUT2D eigenvalue weighted by atomic mass is 19.1. The Balaban J connectivity index is 1.98. The van der Waals surface area contributed by atoms with Crippen LogP contribution in [0, 0.1) is 5.82 Å². The van der Waals surface area contributed by atoms with Gasteiger partial charge in [-0.2, -0.15) is 0 Å². The maximum absolute atomic E-state index is 13.0. The molecule has 0 aliphatic rings. The first-order valence-corrected chi connectivity index (χ1v) is 6.93. The van der Waals surface area contributed by atoms with Crippen LogP contribution in [0.2, 0.25) is 0 Å². The van der Waals surface area contributed by atoms with Crippen LogP contribution in [0.15, 0.2) is 48.5 Å². The van der Waals surface area contributed by atoms with E-state index in [-0.39, 0.29) is 12.4 Å². The highest BCUT2D eigenvalue weighted by molar-refractivity contribution is 5.87. The zero-order valence-corrected chi connectivity index (χ0v) is 12.9. The Morgan fingerprint density at radius 1 is 1.13 bits per heavy atom. The summed E-state index contributed by atoms with van der Waals surface area (Å²) >= 11 is 0. The molecule has 0 unspecified atom stereocenters. The Morgan fingerprint density at radius 2 is 1.96 bits per heavy atom. The largest absolute Gasteiger partial charge is 0.497 e. The van der Waals surface area contributed by atoms with Crippen LogP contribution in [0.3, 0.4) is 0 Å². The second kappa shape index (κ2) is 7.98. The monoisotopic (exact) mass is 316 g/mol. The lowest BCUT2D eigenvalue weighted by atomic mass is 10.1. The SMILES string of the molecule is COc1ccc(/C=C/C(=O)OCc2cccc(F)c2)c(OC)c1. The molecule has 2 rings (SSSR count). The number of carbonyl (C=O) groups excluding carboxylic acids is 1. The third-order valence-corrected chi connectivity index (χ3v) is 3.11. The minimum Gasteiger partial charge on any atom is -0.497 e. The number of carbonyl (C=O) groups is 1. The quantitative estimate of drug-likeness (QED) is 0.603. The van der Waals surface area contributed by atoms with E-state index in [1.54, 1.807) is 43.5 Å². The first-order valence-electron chi connectivity index (χ1n) is 6.93. The van der Waals surface area contributed by atoms with Gasteiger partial charge < -0.3 is 14.2 Å². The average molecular weight is 316 g/mol. The average Bonchev–Trinajstić information content (AvgIpc) is 2.58. The van der Waals surface area contributed by atoms with Crippen molar-refractivity contribution in [1.82, 2.24) is 0 Å². The number of benzene rings is 2. The molecule has 0 bridgehead atoms. The van der Waals surface area contributed by atoms with Gasteiger partial charge in [-0.1, -0.05) is 12.1 Å². The lowest BCUT2D eigenvalue weighted by Gasteiger charge is -2.07. The first-order chi connectivity index (χ1) is 11.1. The number of halogens is 1. The molecule has 0 N–H and O–H groups in total. The molecule has 2 aromatic carbocycles.